The van der Waals surface area contributed by atoms with Crippen LogP contribution in [0.25, 0.3) is 27.6 Å². The summed E-state index contributed by atoms with van der Waals surface area (Å²) in [5.74, 6) is 0.899. The van der Waals surface area contributed by atoms with E-state index in [0.717, 1.165) is 22.2 Å². The zero-order valence-corrected chi connectivity index (χ0v) is 20.8. The predicted molar refractivity (Wildman–Crippen MR) is 143 cm³/mol. The van der Waals surface area contributed by atoms with Crippen LogP contribution in [-0.2, 0) is 4.79 Å². The van der Waals surface area contributed by atoms with E-state index in [2.05, 4.69) is 10.3 Å². The Morgan fingerprint density at radius 1 is 1.03 bits per heavy atom. The van der Waals surface area contributed by atoms with E-state index in [0.29, 0.717) is 33.4 Å². The Morgan fingerprint density at radius 2 is 1.78 bits per heavy atom. The van der Waals surface area contributed by atoms with E-state index in [9.17, 15) is 9.59 Å². The zero-order chi connectivity index (χ0) is 25.2. The van der Waals surface area contributed by atoms with Gasteiger partial charge in [0.15, 0.2) is 16.7 Å². The minimum atomic E-state index is -0.273. The first-order valence-corrected chi connectivity index (χ1v) is 12.2. The van der Waals surface area contributed by atoms with Gasteiger partial charge in [-0.25, -0.2) is 4.98 Å². The number of benzene rings is 3. The number of aromatic nitrogens is 3. The normalized spacial score (nSPS) is 11.1. The van der Waals surface area contributed by atoms with Gasteiger partial charge in [0.1, 0.15) is 11.0 Å². The van der Waals surface area contributed by atoms with Crippen molar-refractivity contribution in [3.63, 3.8) is 0 Å². The number of aryl methyl sites for hydroxylation is 1. The highest BCUT2D eigenvalue weighted by Crippen LogP contribution is 2.31. The van der Waals surface area contributed by atoms with Gasteiger partial charge in [-0.2, -0.15) is 0 Å². The molecule has 2 aromatic heterocycles. The number of H-pyrrole nitrogens is 1. The smallest absolute Gasteiger partial charge is 0.283 e. The average molecular weight is 501 g/mol. The van der Waals surface area contributed by atoms with Crippen molar-refractivity contribution in [3.8, 4) is 17.2 Å². The standard InChI is InChI=1S/C27H24N4O4S/c1-16-8-4-6-10-19(16)28-23(32)15-36-27-30-24-18-9-5-7-11-20(18)29-25(24)26(33)31(27)17-12-13-21(34-2)22(14-17)35-3/h4-14,29H,15H2,1-3H3,(H,28,32). The second kappa shape index (κ2) is 9.79. The molecule has 2 N–H and O–H groups in total. The molecule has 3 aromatic carbocycles. The Morgan fingerprint density at radius 3 is 2.56 bits per heavy atom. The summed E-state index contributed by atoms with van der Waals surface area (Å²) in [7, 11) is 3.09. The summed E-state index contributed by atoms with van der Waals surface area (Å²) in [6.07, 6.45) is 0. The molecular weight excluding hydrogens is 476 g/mol. The van der Waals surface area contributed by atoms with Gasteiger partial charge in [-0.3, -0.25) is 14.2 Å². The summed E-state index contributed by atoms with van der Waals surface area (Å²) in [6, 6.07) is 20.4. The number of thioether (sulfide) groups is 1. The van der Waals surface area contributed by atoms with E-state index < -0.39 is 0 Å². The highest BCUT2D eigenvalue weighted by molar-refractivity contribution is 7.99. The Hall–Kier alpha value is -4.24. The molecule has 0 bridgehead atoms. The lowest BCUT2D eigenvalue weighted by Gasteiger charge is -2.15. The molecule has 0 aliphatic rings. The van der Waals surface area contributed by atoms with Gasteiger partial charge in [-0.1, -0.05) is 48.2 Å². The van der Waals surface area contributed by atoms with Gasteiger partial charge < -0.3 is 19.8 Å². The molecule has 2 heterocycles. The van der Waals surface area contributed by atoms with Crippen molar-refractivity contribution in [2.75, 3.05) is 25.3 Å². The van der Waals surface area contributed by atoms with Gasteiger partial charge in [0.2, 0.25) is 5.91 Å². The topological polar surface area (TPSA) is 98.2 Å². The number of nitrogens with zero attached hydrogens (tertiary/aromatic N) is 2. The van der Waals surface area contributed by atoms with Crippen molar-refractivity contribution in [2.45, 2.75) is 12.1 Å². The van der Waals surface area contributed by atoms with Crippen molar-refractivity contribution in [1.82, 2.24) is 14.5 Å². The Kier molecular flexibility index (Phi) is 6.39. The number of carbonyl (C=O) groups excluding carboxylic acids is 1. The molecule has 9 heteroatoms. The highest BCUT2D eigenvalue weighted by Gasteiger charge is 2.19. The minimum Gasteiger partial charge on any atom is -0.493 e. The lowest BCUT2D eigenvalue weighted by molar-refractivity contribution is -0.113. The average Bonchev–Trinajstić information content (AvgIpc) is 3.27. The molecule has 36 heavy (non-hydrogen) atoms. The Labute approximate surface area is 211 Å². The van der Waals surface area contributed by atoms with E-state index in [1.54, 1.807) is 25.3 Å². The van der Waals surface area contributed by atoms with Crippen LogP contribution in [0.2, 0.25) is 0 Å². The number of nitrogens with one attached hydrogen (secondary N) is 2. The van der Waals surface area contributed by atoms with Crippen LogP contribution in [-0.4, -0.2) is 40.4 Å². The number of carbonyl (C=O) groups is 1. The van der Waals surface area contributed by atoms with Crippen LogP contribution in [0.15, 0.2) is 76.7 Å². The van der Waals surface area contributed by atoms with Crippen LogP contribution in [0.4, 0.5) is 5.69 Å². The number of para-hydroxylation sites is 2. The number of anilines is 1. The third-order valence-electron chi connectivity index (χ3n) is 5.87. The van der Waals surface area contributed by atoms with Crippen LogP contribution < -0.4 is 20.3 Å². The summed E-state index contributed by atoms with van der Waals surface area (Å²) in [6.45, 7) is 1.93. The summed E-state index contributed by atoms with van der Waals surface area (Å²) < 4.78 is 12.3. The lowest BCUT2D eigenvalue weighted by atomic mass is 10.2. The van der Waals surface area contributed by atoms with Crippen molar-refractivity contribution in [1.29, 1.82) is 0 Å². The molecule has 0 saturated carbocycles. The number of fused-ring (bicyclic) bond motifs is 3. The fourth-order valence-electron chi connectivity index (χ4n) is 4.06. The summed E-state index contributed by atoms with van der Waals surface area (Å²) in [4.78, 5) is 34.6. The summed E-state index contributed by atoms with van der Waals surface area (Å²) in [5, 5.41) is 4.17. The molecule has 0 atom stereocenters. The summed E-state index contributed by atoms with van der Waals surface area (Å²) in [5.41, 5.74) is 3.76. The van der Waals surface area contributed by atoms with Crippen LogP contribution in [0.3, 0.4) is 0 Å². The maximum atomic E-state index is 13.8. The number of aromatic amines is 1. The molecule has 1 amide bonds. The first-order valence-electron chi connectivity index (χ1n) is 11.2. The van der Waals surface area contributed by atoms with Crippen LogP contribution >= 0.6 is 11.8 Å². The molecule has 8 nitrogen and oxygen atoms in total. The van der Waals surface area contributed by atoms with Crippen LogP contribution in [0.5, 0.6) is 11.5 Å². The SMILES string of the molecule is COc1ccc(-n2c(SCC(=O)Nc3ccccc3C)nc3c([nH]c4ccccc43)c2=O)cc1OC. The maximum Gasteiger partial charge on any atom is 0.283 e. The molecule has 0 radical (unpaired) electrons. The van der Waals surface area contributed by atoms with Gasteiger partial charge in [-0.05, 0) is 36.8 Å². The fraction of sp³-hybridized carbons (Fsp3) is 0.148. The number of amides is 1. The van der Waals surface area contributed by atoms with Gasteiger partial charge in [-0.15, -0.1) is 0 Å². The van der Waals surface area contributed by atoms with E-state index >= 15 is 0 Å². The van der Waals surface area contributed by atoms with E-state index in [-0.39, 0.29) is 17.2 Å². The van der Waals surface area contributed by atoms with Crippen LogP contribution in [0.1, 0.15) is 5.56 Å². The maximum absolute atomic E-state index is 13.8. The highest BCUT2D eigenvalue weighted by atomic mass is 32.2. The molecule has 0 fully saturated rings. The molecule has 0 saturated heterocycles. The number of hydrogen-bond acceptors (Lipinski definition) is 6. The number of ether oxygens (including phenoxy) is 2. The van der Waals surface area contributed by atoms with Crippen LogP contribution in [0, 0.1) is 6.92 Å². The molecule has 182 valence electrons. The minimum absolute atomic E-state index is 0.0714. The number of rotatable bonds is 7. The zero-order valence-electron chi connectivity index (χ0n) is 20.0. The first kappa shape index (κ1) is 23.5. The van der Waals surface area contributed by atoms with Gasteiger partial charge in [0, 0.05) is 22.7 Å². The summed E-state index contributed by atoms with van der Waals surface area (Å²) >= 11 is 1.19. The monoisotopic (exact) mass is 500 g/mol. The van der Waals surface area contributed by atoms with Crippen molar-refractivity contribution >= 4 is 45.3 Å². The van der Waals surface area contributed by atoms with E-state index in [4.69, 9.17) is 14.5 Å². The first-order chi connectivity index (χ1) is 17.5. The fourth-order valence-corrected chi connectivity index (χ4v) is 4.87. The second-order valence-corrected chi connectivity index (χ2v) is 9.06. The van der Waals surface area contributed by atoms with Crippen molar-refractivity contribution < 1.29 is 14.3 Å². The third-order valence-corrected chi connectivity index (χ3v) is 6.81. The van der Waals surface area contributed by atoms with Crippen molar-refractivity contribution in [2.24, 2.45) is 0 Å². The largest absolute Gasteiger partial charge is 0.493 e. The molecule has 5 rings (SSSR count). The molecule has 0 unspecified atom stereocenters. The predicted octanol–water partition coefficient (Wildman–Crippen LogP) is 4.92. The van der Waals surface area contributed by atoms with Crippen molar-refractivity contribution in [3.05, 3.63) is 82.6 Å². The molecule has 5 aromatic rings. The van der Waals surface area contributed by atoms with Gasteiger partial charge in [0.05, 0.1) is 25.7 Å². The number of methoxy groups -OCH3 is 2. The Balaban J connectivity index is 1.60. The third kappa shape index (κ3) is 4.29. The lowest BCUT2D eigenvalue weighted by Crippen LogP contribution is -2.23. The molecule has 0 aliphatic carbocycles. The molecular formula is C27H24N4O4S. The number of hydrogen-bond donors (Lipinski definition) is 2. The van der Waals surface area contributed by atoms with Gasteiger partial charge >= 0.3 is 0 Å². The Bertz CT molecular complexity index is 1660. The quantitative estimate of drug-likeness (QED) is 0.243. The van der Waals surface area contributed by atoms with Gasteiger partial charge in [0.25, 0.3) is 5.56 Å². The molecule has 0 aliphatic heterocycles. The van der Waals surface area contributed by atoms with E-state index in [1.807, 2.05) is 55.5 Å². The molecule has 0 spiro atoms. The van der Waals surface area contributed by atoms with E-state index in [1.165, 1.54) is 23.4 Å². The second-order valence-electron chi connectivity index (χ2n) is 8.12.